The molecule has 5 heteroatoms. The Bertz CT molecular complexity index is 673. The van der Waals surface area contributed by atoms with Crippen LogP contribution in [0.2, 0.25) is 0 Å². The summed E-state index contributed by atoms with van der Waals surface area (Å²) < 4.78 is 17.7. The van der Waals surface area contributed by atoms with E-state index in [2.05, 4.69) is 5.32 Å². The van der Waals surface area contributed by atoms with Crippen LogP contribution in [-0.4, -0.2) is 28.5 Å². The number of aryl methyl sites for hydroxylation is 1. The van der Waals surface area contributed by atoms with Crippen LogP contribution in [0.4, 0.5) is 0 Å². The molecule has 4 nitrogen and oxygen atoms in total. The smallest absolute Gasteiger partial charge is 0.260 e. The molecule has 2 aromatic rings. The Balaban J connectivity index is 1.77. The minimum atomic E-state index is -1.11. The second-order valence-electron chi connectivity index (χ2n) is 5.23. The lowest BCUT2D eigenvalue weighted by Crippen LogP contribution is -2.38. The van der Waals surface area contributed by atoms with Gasteiger partial charge in [0.2, 0.25) is 0 Å². The van der Waals surface area contributed by atoms with Gasteiger partial charge in [-0.3, -0.25) is 9.00 Å². The molecule has 0 aliphatic heterocycles. The molecule has 0 aliphatic rings. The van der Waals surface area contributed by atoms with Gasteiger partial charge in [-0.05, 0) is 43.7 Å². The van der Waals surface area contributed by atoms with E-state index in [1.54, 1.807) is 6.92 Å². The Morgan fingerprint density at radius 3 is 2.61 bits per heavy atom. The monoisotopic (exact) mass is 331 g/mol. The first-order chi connectivity index (χ1) is 11.1. The predicted octanol–water partition coefficient (Wildman–Crippen LogP) is 2.69. The summed E-state index contributed by atoms with van der Waals surface area (Å²) in [6.45, 7) is 4.02. The first kappa shape index (κ1) is 17.2. The molecule has 0 aliphatic carbocycles. The van der Waals surface area contributed by atoms with E-state index in [0.717, 1.165) is 10.5 Å². The van der Waals surface area contributed by atoms with Crippen molar-refractivity contribution in [3.8, 4) is 5.75 Å². The van der Waals surface area contributed by atoms with Crippen LogP contribution in [0.15, 0.2) is 59.5 Å². The lowest BCUT2D eigenvalue weighted by molar-refractivity contribution is -0.127. The van der Waals surface area contributed by atoms with E-state index >= 15 is 0 Å². The quantitative estimate of drug-likeness (QED) is 0.849. The molecule has 0 spiro atoms. The zero-order chi connectivity index (χ0) is 16.7. The van der Waals surface area contributed by atoms with E-state index in [1.807, 2.05) is 61.5 Å². The fourth-order valence-corrected chi connectivity index (χ4v) is 3.03. The summed E-state index contributed by atoms with van der Waals surface area (Å²) in [6.07, 6.45) is -0.595. The van der Waals surface area contributed by atoms with Gasteiger partial charge in [0.05, 0.1) is 10.8 Å². The zero-order valence-corrected chi connectivity index (χ0v) is 14.1. The van der Waals surface area contributed by atoms with Gasteiger partial charge in [0, 0.05) is 17.2 Å². The average molecular weight is 331 g/mol. The van der Waals surface area contributed by atoms with E-state index in [0.29, 0.717) is 18.0 Å². The molecule has 0 fully saturated rings. The van der Waals surface area contributed by atoms with Crippen LogP contribution < -0.4 is 10.1 Å². The number of nitrogens with one attached hydrogen (secondary N) is 1. The first-order valence-corrected chi connectivity index (χ1v) is 8.82. The van der Waals surface area contributed by atoms with Gasteiger partial charge >= 0.3 is 0 Å². The third-order valence-electron chi connectivity index (χ3n) is 3.26. The van der Waals surface area contributed by atoms with Crippen LogP contribution in [0.1, 0.15) is 12.5 Å². The van der Waals surface area contributed by atoms with Crippen molar-refractivity contribution in [3.05, 3.63) is 60.2 Å². The summed E-state index contributed by atoms with van der Waals surface area (Å²) in [5, 5.41) is 2.76. The lowest BCUT2D eigenvalue weighted by atomic mass is 10.2. The summed E-state index contributed by atoms with van der Waals surface area (Å²) in [5.41, 5.74) is 1.08. The number of carbonyl (C=O) groups is 1. The van der Waals surface area contributed by atoms with Crippen molar-refractivity contribution in [2.75, 3.05) is 12.3 Å². The van der Waals surface area contributed by atoms with Gasteiger partial charge in [0.15, 0.2) is 6.10 Å². The van der Waals surface area contributed by atoms with E-state index in [1.165, 1.54) is 0 Å². The molecule has 0 saturated carbocycles. The van der Waals surface area contributed by atoms with Crippen molar-refractivity contribution < 1.29 is 13.7 Å². The molecule has 0 aromatic heterocycles. The highest BCUT2D eigenvalue weighted by atomic mass is 32.2. The lowest BCUT2D eigenvalue weighted by Gasteiger charge is -2.15. The number of carbonyl (C=O) groups excluding carboxylic acids is 1. The van der Waals surface area contributed by atoms with Crippen molar-refractivity contribution in [1.82, 2.24) is 5.32 Å². The Morgan fingerprint density at radius 1 is 1.17 bits per heavy atom. The van der Waals surface area contributed by atoms with Crippen LogP contribution >= 0.6 is 0 Å². The van der Waals surface area contributed by atoms with Crippen LogP contribution in [-0.2, 0) is 15.6 Å². The van der Waals surface area contributed by atoms with Crippen molar-refractivity contribution in [2.45, 2.75) is 24.8 Å². The standard InChI is InChI=1S/C18H21NO3S/c1-14-7-6-8-16(13-14)22-15(2)18(20)19-11-12-23(21)17-9-4-3-5-10-17/h3-10,13,15H,11-12H2,1-2H3,(H,19,20)/t15-,23+/m1/s1. The molecule has 0 heterocycles. The third-order valence-corrected chi connectivity index (χ3v) is 4.64. The molecule has 2 rings (SSSR count). The first-order valence-electron chi connectivity index (χ1n) is 7.51. The highest BCUT2D eigenvalue weighted by Crippen LogP contribution is 2.14. The van der Waals surface area contributed by atoms with Gasteiger partial charge in [0.25, 0.3) is 5.91 Å². The van der Waals surface area contributed by atoms with Crippen LogP contribution in [0.5, 0.6) is 5.75 Å². The Hall–Kier alpha value is -2.14. The SMILES string of the molecule is Cc1cccc(O[C@H](C)C(=O)NCC[S@](=O)c2ccccc2)c1. The Kier molecular flexibility index (Phi) is 6.35. The van der Waals surface area contributed by atoms with E-state index in [4.69, 9.17) is 4.74 Å². The molecule has 0 unspecified atom stereocenters. The fourth-order valence-electron chi connectivity index (χ4n) is 2.05. The van der Waals surface area contributed by atoms with E-state index < -0.39 is 16.9 Å². The summed E-state index contributed by atoms with van der Waals surface area (Å²) in [6, 6.07) is 16.8. The molecule has 2 aromatic carbocycles. The highest BCUT2D eigenvalue weighted by Gasteiger charge is 2.14. The second-order valence-corrected chi connectivity index (χ2v) is 6.80. The van der Waals surface area contributed by atoms with Crippen molar-refractivity contribution >= 4 is 16.7 Å². The van der Waals surface area contributed by atoms with Gasteiger partial charge in [0.1, 0.15) is 5.75 Å². The minimum Gasteiger partial charge on any atom is -0.481 e. The minimum absolute atomic E-state index is 0.212. The molecule has 2 atom stereocenters. The molecule has 23 heavy (non-hydrogen) atoms. The van der Waals surface area contributed by atoms with Gasteiger partial charge in [-0.2, -0.15) is 0 Å². The Morgan fingerprint density at radius 2 is 1.91 bits per heavy atom. The Labute approximate surface area is 139 Å². The van der Waals surface area contributed by atoms with Gasteiger partial charge in [-0.1, -0.05) is 30.3 Å². The van der Waals surface area contributed by atoms with Crippen LogP contribution in [0, 0.1) is 6.92 Å². The molecule has 0 bridgehead atoms. The summed E-state index contributed by atoms with van der Waals surface area (Å²) in [4.78, 5) is 12.8. The van der Waals surface area contributed by atoms with Gasteiger partial charge < -0.3 is 10.1 Å². The molecule has 0 radical (unpaired) electrons. The van der Waals surface area contributed by atoms with E-state index in [9.17, 15) is 9.00 Å². The maximum absolute atomic E-state index is 12.1. The summed E-state index contributed by atoms with van der Waals surface area (Å²) in [5.74, 6) is 0.837. The number of hydrogen-bond donors (Lipinski definition) is 1. The normalized spacial score (nSPS) is 13.1. The number of ether oxygens (including phenoxy) is 1. The van der Waals surface area contributed by atoms with Gasteiger partial charge in [-0.15, -0.1) is 0 Å². The molecule has 1 N–H and O–H groups in total. The largest absolute Gasteiger partial charge is 0.481 e. The molecular weight excluding hydrogens is 310 g/mol. The predicted molar refractivity (Wildman–Crippen MR) is 92.0 cm³/mol. The molecule has 0 saturated heterocycles. The maximum atomic E-state index is 12.1. The second kappa shape index (κ2) is 8.48. The molecule has 1 amide bonds. The number of amides is 1. The summed E-state index contributed by atoms with van der Waals surface area (Å²) >= 11 is 0. The molecule has 122 valence electrons. The zero-order valence-electron chi connectivity index (χ0n) is 13.3. The summed E-state index contributed by atoms with van der Waals surface area (Å²) in [7, 11) is -1.11. The van der Waals surface area contributed by atoms with E-state index in [-0.39, 0.29) is 5.91 Å². The van der Waals surface area contributed by atoms with Crippen molar-refractivity contribution in [3.63, 3.8) is 0 Å². The van der Waals surface area contributed by atoms with Crippen molar-refractivity contribution in [1.29, 1.82) is 0 Å². The number of hydrogen-bond acceptors (Lipinski definition) is 3. The van der Waals surface area contributed by atoms with Crippen molar-refractivity contribution in [2.24, 2.45) is 0 Å². The maximum Gasteiger partial charge on any atom is 0.260 e. The number of benzene rings is 2. The highest BCUT2D eigenvalue weighted by molar-refractivity contribution is 7.85. The number of rotatable bonds is 7. The molecular formula is C18H21NO3S. The third kappa shape index (κ3) is 5.53. The average Bonchev–Trinajstić information content (AvgIpc) is 2.55. The van der Waals surface area contributed by atoms with Crippen LogP contribution in [0.25, 0.3) is 0 Å². The van der Waals surface area contributed by atoms with Gasteiger partial charge in [-0.25, -0.2) is 0 Å². The fraction of sp³-hybridized carbons (Fsp3) is 0.278. The van der Waals surface area contributed by atoms with Crippen LogP contribution in [0.3, 0.4) is 0 Å². The topological polar surface area (TPSA) is 55.4 Å².